The Morgan fingerprint density at radius 2 is 2.14 bits per heavy atom. The molecule has 0 atom stereocenters. The smallest absolute Gasteiger partial charge is 0.220 e. The van der Waals surface area contributed by atoms with E-state index < -0.39 is 0 Å². The van der Waals surface area contributed by atoms with E-state index in [1.807, 2.05) is 30.3 Å². The molecule has 21 heavy (non-hydrogen) atoms. The second-order valence-electron chi connectivity index (χ2n) is 4.68. The number of rotatable bonds is 6. The van der Waals surface area contributed by atoms with Crippen LogP contribution in [0, 0.1) is 0 Å². The van der Waals surface area contributed by atoms with E-state index in [1.165, 1.54) is 0 Å². The van der Waals surface area contributed by atoms with Crippen molar-refractivity contribution in [3.8, 4) is 5.88 Å². The highest BCUT2D eigenvalue weighted by molar-refractivity contribution is 5.76. The minimum atomic E-state index is -0.00553. The van der Waals surface area contributed by atoms with Crippen LogP contribution >= 0.6 is 0 Å². The van der Waals surface area contributed by atoms with Gasteiger partial charge in [-0.15, -0.1) is 0 Å². The number of pyridine rings is 1. The van der Waals surface area contributed by atoms with Crippen molar-refractivity contribution in [1.29, 1.82) is 0 Å². The predicted molar refractivity (Wildman–Crippen MR) is 81.8 cm³/mol. The zero-order chi connectivity index (χ0) is 15.1. The Morgan fingerprint density at radius 3 is 2.90 bits per heavy atom. The molecule has 0 aliphatic rings. The van der Waals surface area contributed by atoms with Gasteiger partial charge in [0.1, 0.15) is 0 Å². The summed E-state index contributed by atoms with van der Waals surface area (Å²) in [6, 6.07) is 11.2. The highest BCUT2D eigenvalue weighted by Crippen LogP contribution is 2.12. The van der Waals surface area contributed by atoms with Gasteiger partial charge in [-0.25, -0.2) is 4.98 Å². The highest BCUT2D eigenvalue weighted by Gasteiger charge is 2.05. The van der Waals surface area contributed by atoms with Gasteiger partial charge in [-0.3, -0.25) is 4.79 Å². The lowest BCUT2D eigenvalue weighted by Gasteiger charge is -2.07. The summed E-state index contributed by atoms with van der Waals surface area (Å²) in [5.41, 5.74) is 8.53. The normalized spacial score (nSPS) is 10.1. The lowest BCUT2D eigenvalue weighted by atomic mass is 10.1. The number of benzene rings is 1. The first-order valence-electron chi connectivity index (χ1n) is 6.78. The monoisotopic (exact) mass is 285 g/mol. The van der Waals surface area contributed by atoms with E-state index in [0.29, 0.717) is 25.3 Å². The van der Waals surface area contributed by atoms with E-state index in [2.05, 4.69) is 10.3 Å². The van der Waals surface area contributed by atoms with Crippen LogP contribution in [0.15, 0.2) is 42.6 Å². The lowest BCUT2D eigenvalue weighted by molar-refractivity contribution is -0.121. The van der Waals surface area contributed by atoms with Crippen LogP contribution in [0.25, 0.3) is 0 Å². The fraction of sp³-hybridized carbons (Fsp3) is 0.250. The molecule has 1 heterocycles. The van der Waals surface area contributed by atoms with Crippen molar-refractivity contribution in [3.05, 3.63) is 53.7 Å². The number of nitrogens with one attached hydrogen (secondary N) is 1. The van der Waals surface area contributed by atoms with Gasteiger partial charge >= 0.3 is 0 Å². The first-order valence-corrected chi connectivity index (χ1v) is 6.78. The Morgan fingerprint density at radius 1 is 1.33 bits per heavy atom. The third-order valence-corrected chi connectivity index (χ3v) is 3.17. The molecular weight excluding hydrogens is 266 g/mol. The number of carbonyl (C=O) groups excluding carboxylic acids is 1. The molecule has 0 saturated carbocycles. The molecule has 1 aromatic carbocycles. The maximum atomic E-state index is 11.9. The Kier molecular flexibility index (Phi) is 5.15. The summed E-state index contributed by atoms with van der Waals surface area (Å²) < 4.78 is 5.04. The Labute approximate surface area is 124 Å². The average Bonchev–Trinajstić information content (AvgIpc) is 2.52. The van der Waals surface area contributed by atoms with Crippen LogP contribution in [0.4, 0.5) is 5.69 Å². The molecule has 110 valence electrons. The van der Waals surface area contributed by atoms with Crippen LogP contribution in [-0.2, 0) is 17.8 Å². The molecule has 0 unspecified atom stereocenters. The Bertz CT molecular complexity index is 614. The van der Waals surface area contributed by atoms with E-state index >= 15 is 0 Å². The molecule has 0 aliphatic carbocycles. The minimum Gasteiger partial charge on any atom is -0.481 e. The van der Waals surface area contributed by atoms with Crippen molar-refractivity contribution in [2.24, 2.45) is 0 Å². The molecule has 1 aromatic heterocycles. The number of nitrogens with zero attached hydrogens (tertiary/aromatic N) is 1. The summed E-state index contributed by atoms with van der Waals surface area (Å²) in [4.78, 5) is 15.9. The molecule has 0 aliphatic heterocycles. The number of carbonyl (C=O) groups is 1. The first-order chi connectivity index (χ1) is 10.2. The number of aryl methyl sites for hydroxylation is 1. The second-order valence-corrected chi connectivity index (χ2v) is 4.68. The van der Waals surface area contributed by atoms with Crippen molar-refractivity contribution >= 4 is 11.6 Å². The SMILES string of the molecule is COc1cc(CNC(=O)CCc2ccccc2N)ccn1. The average molecular weight is 285 g/mol. The van der Waals surface area contributed by atoms with Crippen molar-refractivity contribution in [1.82, 2.24) is 10.3 Å². The zero-order valence-corrected chi connectivity index (χ0v) is 12.0. The van der Waals surface area contributed by atoms with Crippen LogP contribution < -0.4 is 15.8 Å². The summed E-state index contributed by atoms with van der Waals surface area (Å²) in [6.45, 7) is 0.460. The van der Waals surface area contributed by atoms with E-state index in [9.17, 15) is 4.79 Å². The Hall–Kier alpha value is -2.56. The number of amides is 1. The number of hydrogen-bond donors (Lipinski definition) is 2. The summed E-state index contributed by atoms with van der Waals surface area (Å²) >= 11 is 0. The van der Waals surface area contributed by atoms with Gasteiger partial charge in [0.25, 0.3) is 0 Å². The van der Waals surface area contributed by atoms with Gasteiger partial charge < -0.3 is 15.8 Å². The fourth-order valence-electron chi connectivity index (χ4n) is 1.97. The Balaban J connectivity index is 1.81. The quantitative estimate of drug-likeness (QED) is 0.795. The molecule has 5 nitrogen and oxygen atoms in total. The molecular formula is C16H19N3O2. The summed E-state index contributed by atoms with van der Waals surface area (Å²) in [6.07, 6.45) is 2.71. The van der Waals surface area contributed by atoms with Gasteiger partial charge in [0.2, 0.25) is 11.8 Å². The van der Waals surface area contributed by atoms with Crippen molar-refractivity contribution in [2.45, 2.75) is 19.4 Å². The first kappa shape index (κ1) is 14.8. The van der Waals surface area contributed by atoms with Gasteiger partial charge in [0.05, 0.1) is 7.11 Å². The number of nitrogens with two attached hydrogens (primary N) is 1. The van der Waals surface area contributed by atoms with Gasteiger partial charge in [0, 0.05) is 30.9 Å². The van der Waals surface area contributed by atoms with Gasteiger partial charge in [-0.05, 0) is 29.7 Å². The van der Waals surface area contributed by atoms with E-state index in [1.54, 1.807) is 19.4 Å². The molecule has 0 spiro atoms. The standard InChI is InChI=1S/C16H19N3O2/c1-21-16-10-12(8-9-18-16)11-19-15(20)7-6-13-4-2-3-5-14(13)17/h2-5,8-10H,6-7,11,17H2,1H3,(H,19,20). The summed E-state index contributed by atoms with van der Waals surface area (Å²) in [5.74, 6) is 0.535. The molecule has 0 bridgehead atoms. The van der Waals surface area contributed by atoms with Crippen LogP contribution in [0.1, 0.15) is 17.5 Å². The molecule has 2 rings (SSSR count). The zero-order valence-electron chi connectivity index (χ0n) is 12.0. The minimum absolute atomic E-state index is 0.00553. The molecule has 2 aromatic rings. The summed E-state index contributed by atoms with van der Waals surface area (Å²) in [7, 11) is 1.56. The second kappa shape index (κ2) is 7.28. The highest BCUT2D eigenvalue weighted by atomic mass is 16.5. The third-order valence-electron chi connectivity index (χ3n) is 3.17. The molecule has 3 N–H and O–H groups in total. The predicted octanol–water partition coefficient (Wildman–Crippen LogP) is 1.92. The largest absolute Gasteiger partial charge is 0.481 e. The maximum Gasteiger partial charge on any atom is 0.220 e. The molecule has 1 amide bonds. The topological polar surface area (TPSA) is 77.2 Å². The van der Waals surface area contributed by atoms with Crippen molar-refractivity contribution < 1.29 is 9.53 Å². The number of aromatic nitrogens is 1. The van der Waals surface area contributed by atoms with Gasteiger partial charge in [-0.1, -0.05) is 18.2 Å². The fourth-order valence-corrected chi connectivity index (χ4v) is 1.97. The molecule has 0 saturated heterocycles. The van der Waals surface area contributed by atoms with E-state index in [0.717, 1.165) is 16.8 Å². The number of hydrogen-bond acceptors (Lipinski definition) is 4. The van der Waals surface area contributed by atoms with E-state index in [-0.39, 0.29) is 5.91 Å². The summed E-state index contributed by atoms with van der Waals surface area (Å²) in [5, 5.41) is 2.88. The number of para-hydroxylation sites is 1. The van der Waals surface area contributed by atoms with Crippen LogP contribution in [0.5, 0.6) is 5.88 Å². The number of ether oxygens (including phenoxy) is 1. The van der Waals surface area contributed by atoms with Crippen molar-refractivity contribution in [3.63, 3.8) is 0 Å². The van der Waals surface area contributed by atoms with Crippen LogP contribution in [0.2, 0.25) is 0 Å². The third kappa shape index (κ3) is 4.49. The number of nitrogen functional groups attached to an aromatic ring is 1. The molecule has 0 radical (unpaired) electrons. The van der Waals surface area contributed by atoms with Gasteiger partial charge in [-0.2, -0.15) is 0 Å². The van der Waals surface area contributed by atoms with Gasteiger partial charge in [0.15, 0.2) is 0 Å². The lowest BCUT2D eigenvalue weighted by Crippen LogP contribution is -2.23. The maximum absolute atomic E-state index is 11.9. The molecule has 0 fully saturated rings. The molecule has 5 heteroatoms. The number of methoxy groups -OCH3 is 1. The van der Waals surface area contributed by atoms with Crippen molar-refractivity contribution in [2.75, 3.05) is 12.8 Å². The van der Waals surface area contributed by atoms with Crippen LogP contribution in [-0.4, -0.2) is 18.0 Å². The van der Waals surface area contributed by atoms with E-state index in [4.69, 9.17) is 10.5 Å². The van der Waals surface area contributed by atoms with Crippen LogP contribution in [0.3, 0.4) is 0 Å². The number of anilines is 1.